The van der Waals surface area contributed by atoms with Gasteiger partial charge in [-0.05, 0) is 72.4 Å². The van der Waals surface area contributed by atoms with Crippen molar-refractivity contribution in [1.29, 1.82) is 0 Å². The van der Waals surface area contributed by atoms with Crippen molar-refractivity contribution < 1.29 is 4.79 Å². The molecule has 1 aromatic carbocycles. The van der Waals surface area contributed by atoms with Gasteiger partial charge in [0, 0.05) is 21.7 Å². The molecule has 0 N–H and O–H groups in total. The Balaban J connectivity index is 1.77. The normalized spacial score (nSPS) is 23.5. The first-order valence-electron chi connectivity index (χ1n) is 7.93. The van der Waals surface area contributed by atoms with E-state index in [1.807, 2.05) is 18.2 Å². The van der Waals surface area contributed by atoms with Crippen LogP contribution >= 0.6 is 34.2 Å². The predicted octanol–water partition coefficient (Wildman–Crippen LogP) is 5.13. The summed E-state index contributed by atoms with van der Waals surface area (Å²) < 4.78 is 0.996. The molecule has 3 rings (SSSR count). The van der Waals surface area contributed by atoms with Gasteiger partial charge in [-0.2, -0.15) is 0 Å². The Kier molecular flexibility index (Phi) is 5.10. The van der Waals surface area contributed by atoms with E-state index < -0.39 is 0 Å². The molecule has 1 heterocycles. The third-order valence-electron chi connectivity index (χ3n) is 4.92. The van der Waals surface area contributed by atoms with Crippen LogP contribution in [0, 0.1) is 9.49 Å². The molecule has 2 fully saturated rings. The molecule has 4 heteroatoms. The Morgan fingerprint density at radius 3 is 2.62 bits per heavy atom. The smallest absolute Gasteiger partial charge is 0.254 e. The number of carbonyl (C=O) groups excluding carboxylic acids is 1. The Bertz CT molecular complexity index is 528. The Labute approximate surface area is 145 Å². The molecule has 1 unspecified atom stereocenters. The van der Waals surface area contributed by atoms with Crippen molar-refractivity contribution in [2.24, 2.45) is 5.92 Å². The summed E-state index contributed by atoms with van der Waals surface area (Å²) in [6.45, 7) is 0.906. The van der Waals surface area contributed by atoms with E-state index >= 15 is 0 Å². The Morgan fingerprint density at radius 1 is 1.14 bits per heavy atom. The van der Waals surface area contributed by atoms with E-state index in [4.69, 9.17) is 11.6 Å². The third-order valence-corrected chi connectivity index (χ3v) is 6.49. The van der Waals surface area contributed by atoms with Gasteiger partial charge in [0.15, 0.2) is 0 Å². The SMILES string of the molecule is O=C(c1ccc(I)c(Cl)c1)N1CCCC1C1CCCCC1. The molecule has 2 aliphatic rings. The lowest BCUT2D eigenvalue weighted by molar-refractivity contribution is 0.0661. The first-order chi connectivity index (χ1) is 10.2. The van der Waals surface area contributed by atoms with Crippen LogP contribution in [0.1, 0.15) is 55.3 Å². The highest BCUT2D eigenvalue weighted by Crippen LogP contribution is 2.35. The van der Waals surface area contributed by atoms with Crippen molar-refractivity contribution in [2.45, 2.75) is 51.0 Å². The zero-order valence-electron chi connectivity index (χ0n) is 12.2. The zero-order chi connectivity index (χ0) is 14.8. The second-order valence-corrected chi connectivity index (χ2v) is 7.80. The summed E-state index contributed by atoms with van der Waals surface area (Å²) in [4.78, 5) is 14.9. The van der Waals surface area contributed by atoms with Crippen molar-refractivity contribution in [2.75, 3.05) is 6.54 Å². The summed E-state index contributed by atoms with van der Waals surface area (Å²) >= 11 is 8.37. The van der Waals surface area contributed by atoms with Crippen LogP contribution in [0.5, 0.6) is 0 Å². The molecule has 0 radical (unpaired) electrons. The van der Waals surface area contributed by atoms with Crippen molar-refractivity contribution in [1.82, 2.24) is 4.90 Å². The number of likely N-dealkylation sites (tertiary alicyclic amines) is 1. The number of amides is 1. The van der Waals surface area contributed by atoms with E-state index in [0.29, 0.717) is 17.0 Å². The predicted molar refractivity (Wildman–Crippen MR) is 94.8 cm³/mol. The largest absolute Gasteiger partial charge is 0.335 e. The fourth-order valence-corrected chi connectivity index (χ4v) is 4.36. The van der Waals surface area contributed by atoms with E-state index in [1.54, 1.807) is 0 Å². The second kappa shape index (κ2) is 6.86. The number of carbonyl (C=O) groups is 1. The number of benzene rings is 1. The molecular formula is C17H21ClINO. The average Bonchev–Trinajstić information content (AvgIpc) is 2.99. The maximum absolute atomic E-state index is 12.8. The fraction of sp³-hybridized carbons (Fsp3) is 0.588. The quantitative estimate of drug-likeness (QED) is 0.611. The van der Waals surface area contributed by atoms with E-state index in [9.17, 15) is 4.79 Å². The van der Waals surface area contributed by atoms with Gasteiger partial charge in [-0.3, -0.25) is 4.79 Å². The molecule has 1 saturated heterocycles. The van der Waals surface area contributed by atoms with Crippen molar-refractivity contribution >= 4 is 40.1 Å². The zero-order valence-corrected chi connectivity index (χ0v) is 15.1. The van der Waals surface area contributed by atoms with Gasteiger partial charge in [0.1, 0.15) is 0 Å². The lowest BCUT2D eigenvalue weighted by Gasteiger charge is -2.34. The highest BCUT2D eigenvalue weighted by molar-refractivity contribution is 14.1. The van der Waals surface area contributed by atoms with Crippen LogP contribution in [0.15, 0.2) is 18.2 Å². The van der Waals surface area contributed by atoms with E-state index in [-0.39, 0.29) is 5.91 Å². The van der Waals surface area contributed by atoms with Gasteiger partial charge < -0.3 is 4.90 Å². The maximum Gasteiger partial charge on any atom is 0.254 e. The van der Waals surface area contributed by atoms with Crippen molar-refractivity contribution in [3.05, 3.63) is 32.4 Å². The molecule has 0 aromatic heterocycles. The van der Waals surface area contributed by atoms with E-state index in [1.165, 1.54) is 38.5 Å². The number of rotatable bonds is 2. The number of hydrogen-bond donors (Lipinski definition) is 0. The number of halogens is 2. The minimum atomic E-state index is 0.168. The third kappa shape index (κ3) is 3.39. The van der Waals surface area contributed by atoms with Gasteiger partial charge in [-0.15, -0.1) is 0 Å². The van der Waals surface area contributed by atoms with Crippen LogP contribution in [0.25, 0.3) is 0 Å². The summed E-state index contributed by atoms with van der Waals surface area (Å²) in [5.41, 5.74) is 0.739. The molecule has 1 amide bonds. The highest BCUT2D eigenvalue weighted by atomic mass is 127. The molecule has 1 aliphatic heterocycles. The second-order valence-electron chi connectivity index (χ2n) is 6.24. The van der Waals surface area contributed by atoms with Crippen molar-refractivity contribution in [3.8, 4) is 0 Å². The van der Waals surface area contributed by atoms with Crippen LogP contribution in [0.2, 0.25) is 5.02 Å². The molecule has 114 valence electrons. The fourth-order valence-electron chi connectivity index (χ4n) is 3.85. The first kappa shape index (κ1) is 15.6. The highest BCUT2D eigenvalue weighted by Gasteiger charge is 2.35. The summed E-state index contributed by atoms with van der Waals surface area (Å²) in [6, 6.07) is 6.12. The lowest BCUT2D eigenvalue weighted by atomic mass is 9.83. The number of hydrogen-bond acceptors (Lipinski definition) is 1. The molecule has 1 aromatic rings. The molecule has 1 saturated carbocycles. The summed E-state index contributed by atoms with van der Waals surface area (Å²) in [5.74, 6) is 0.880. The molecule has 1 atom stereocenters. The molecular weight excluding hydrogens is 397 g/mol. The summed E-state index contributed by atoms with van der Waals surface area (Å²) in [6.07, 6.45) is 8.93. The topological polar surface area (TPSA) is 20.3 Å². The van der Waals surface area contributed by atoms with Gasteiger partial charge in [0.05, 0.1) is 5.02 Å². The van der Waals surface area contributed by atoms with Gasteiger partial charge in [-0.25, -0.2) is 0 Å². The van der Waals surface area contributed by atoms with Crippen LogP contribution in [-0.4, -0.2) is 23.4 Å². The standard InChI is InChI=1S/C17H21ClINO/c18-14-11-13(8-9-15(14)19)17(21)20-10-4-7-16(20)12-5-2-1-3-6-12/h8-9,11-12,16H,1-7,10H2. The molecule has 21 heavy (non-hydrogen) atoms. The number of nitrogens with zero attached hydrogens (tertiary/aromatic N) is 1. The van der Waals surface area contributed by atoms with Gasteiger partial charge in [0.25, 0.3) is 5.91 Å². The summed E-state index contributed by atoms with van der Waals surface area (Å²) in [7, 11) is 0. The lowest BCUT2D eigenvalue weighted by Crippen LogP contribution is -2.40. The monoisotopic (exact) mass is 417 g/mol. The molecule has 0 spiro atoms. The first-order valence-corrected chi connectivity index (χ1v) is 9.38. The minimum absolute atomic E-state index is 0.168. The van der Waals surface area contributed by atoms with Gasteiger partial charge in [-0.1, -0.05) is 30.9 Å². The minimum Gasteiger partial charge on any atom is -0.335 e. The van der Waals surface area contributed by atoms with Gasteiger partial charge >= 0.3 is 0 Å². The van der Waals surface area contributed by atoms with Gasteiger partial charge in [0.2, 0.25) is 0 Å². The van der Waals surface area contributed by atoms with E-state index in [2.05, 4.69) is 27.5 Å². The Morgan fingerprint density at radius 2 is 1.90 bits per heavy atom. The van der Waals surface area contributed by atoms with Crippen LogP contribution in [0.3, 0.4) is 0 Å². The molecule has 0 bridgehead atoms. The van der Waals surface area contributed by atoms with Crippen LogP contribution in [-0.2, 0) is 0 Å². The molecule has 2 nitrogen and oxygen atoms in total. The van der Waals surface area contributed by atoms with Crippen LogP contribution in [0.4, 0.5) is 0 Å². The Hall–Kier alpha value is -0.290. The molecule has 1 aliphatic carbocycles. The van der Waals surface area contributed by atoms with E-state index in [0.717, 1.165) is 22.1 Å². The average molecular weight is 418 g/mol. The van der Waals surface area contributed by atoms with Crippen LogP contribution < -0.4 is 0 Å². The summed E-state index contributed by atoms with van der Waals surface area (Å²) in [5, 5.41) is 0.676. The maximum atomic E-state index is 12.8. The van der Waals surface area contributed by atoms with Crippen molar-refractivity contribution in [3.63, 3.8) is 0 Å².